The van der Waals surface area contributed by atoms with Gasteiger partial charge in [0.25, 0.3) is 5.91 Å². The number of nitrogens with zero attached hydrogens (tertiary/aromatic N) is 3. The van der Waals surface area contributed by atoms with E-state index in [9.17, 15) is 21.6 Å². The predicted molar refractivity (Wildman–Crippen MR) is 145 cm³/mol. The first-order valence-corrected chi connectivity index (χ1v) is 15.0. The Kier molecular flexibility index (Phi) is 8.28. The first-order chi connectivity index (χ1) is 18.5. The molecule has 4 aromatic rings. The number of sulfonamides is 1. The first-order valence-electron chi connectivity index (χ1n) is 12.0. The number of nitrogens with one attached hydrogen (secondary N) is 1. The molecule has 0 spiro atoms. The van der Waals surface area contributed by atoms with E-state index in [0.717, 1.165) is 11.1 Å². The first kappa shape index (κ1) is 28.1. The highest BCUT2D eigenvalue weighted by Gasteiger charge is 2.22. The number of aromatic nitrogens is 2. The van der Waals surface area contributed by atoms with Crippen LogP contribution in [0.15, 0.2) is 93.1 Å². The van der Waals surface area contributed by atoms with Crippen LogP contribution < -0.4 is 5.32 Å². The summed E-state index contributed by atoms with van der Waals surface area (Å²) in [4.78, 5) is 12.9. The van der Waals surface area contributed by atoms with Crippen molar-refractivity contribution in [2.45, 2.75) is 41.9 Å². The zero-order chi connectivity index (χ0) is 28.2. The fraction of sp³-hybridized carbons (Fsp3) is 0.222. The lowest BCUT2D eigenvalue weighted by molar-refractivity contribution is 0.102. The molecule has 1 aromatic heterocycles. The van der Waals surface area contributed by atoms with Crippen molar-refractivity contribution in [3.63, 3.8) is 0 Å². The second-order valence-electron chi connectivity index (χ2n) is 9.14. The molecular formula is C27H28N4O6S2. The summed E-state index contributed by atoms with van der Waals surface area (Å²) in [6.07, 6.45) is 0.244. The van der Waals surface area contributed by atoms with Crippen molar-refractivity contribution in [2.24, 2.45) is 0 Å². The number of benzene rings is 3. The van der Waals surface area contributed by atoms with Gasteiger partial charge in [-0.2, -0.15) is 4.31 Å². The maximum Gasteiger partial charge on any atom is 0.322 e. The molecule has 204 valence electrons. The molecule has 3 aromatic carbocycles. The van der Waals surface area contributed by atoms with Crippen LogP contribution >= 0.6 is 0 Å². The molecule has 0 aliphatic rings. The van der Waals surface area contributed by atoms with Gasteiger partial charge in [-0.3, -0.25) is 10.1 Å². The number of rotatable bonds is 10. The Morgan fingerprint density at radius 2 is 1.46 bits per heavy atom. The summed E-state index contributed by atoms with van der Waals surface area (Å²) >= 11 is 0. The van der Waals surface area contributed by atoms with E-state index in [4.69, 9.17) is 4.42 Å². The summed E-state index contributed by atoms with van der Waals surface area (Å²) < 4.78 is 57.1. The number of hydrogen-bond donors (Lipinski definition) is 1. The molecule has 0 saturated carbocycles. The number of anilines is 1. The van der Waals surface area contributed by atoms with Crippen LogP contribution in [0.1, 0.15) is 41.2 Å². The summed E-state index contributed by atoms with van der Waals surface area (Å²) in [6.45, 7) is 3.46. The van der Waals surface area contributed by atoms with Crippen molar-refractivity contribution in [3.8, 4) is 0 Å². The highest BCUT2D eigenvalue weighted by atomic mass is 32.2. The fourth-order valence-electron chi connectivity index (χ4n) is 3.67. The average Bonchev–Trinajstić information content (AvgIpc) is 3.36. The Morgan fingerprint density at radius 3 is 2.08 bits per heavy atom. The molecule has 0 radical (unpaired) electrons. The van der Waals surface area contributed by atoms with E-state index in [1.165, 1.54) is 47.8 Å². The third-order valence-corrected chi connectivity index (χ3v) is 9.98. The molecule has 0 fully saturated rings. The molecule has 1 heterocycles. The van der Waals surface area contributed by atoms with Gasteiger partial charge in [0.2, 0.25) is 15.9 Å². The quantitative estimate of drug-likeness (QED) is 0.304. The summed E-state index contributed by atoms with van der Waals surface area (Å²) in [7, 11) is -5.62. The monoisotopic (exact) mass is 568 g/mol. The van der Waals surface area contributed by atoms with Gasteiger partial charge in [0.1, 0.15) is 0 Å². The molecule has 12 heteroatoms. The van der Waals surface area contributed by atoms with Crippen LogP contribution in [0, 0.1) is 0 Å². The van der Waals surface area contributed by atoms with Crippen molar-refractivity contribution >= 4 is 31.8 Å². The molecule has 0 atom stereocenters. The maximum atomic E-state index is 12.9. The largest absolute Gasteiger partial charge is 0.407 e. The van der Waals surface area contributed by atoms with Crippen LogP contribution in [0.5, 0.6) is 0 Å². The lowest BCUT2D eigenvalue weighted by Crippen LogP contribution is -2.26. The second-order valence-corrected chi connectivity index (χ2v) is 13.7. The minimum atomic E-state index is -3.75. The summed E-state index contributed by atoms with van der Waals surface area (Å²) in [5.74, 6) is -0.317. The average molecular weight is 569 g/mol. The number of carbonyl (C=O) groups excluding carboxylic acids is 1. The molecule has 1 amide bonds. The standard InChI is InChI=1S/C27H28N4O6S2/c1-19(2)38(33,34)23-13-9-20(10-14-23)17-25-29-30-27(37-25)28-26(32)22-11-15-24(16-12-22)39(35,36)31(3)18-21-7-5-4-6-8-21/h4-16,19H,17-18H2,1-3H3,(H,28,30,32). The van der Waals surface area contributed by atoms with E-state index >= 15 is 0 Å². The molecule has 1 N–H and O–H groups in total. The number of hydrogen-bond acceptors (Lipinski definition) is 8. The Morgan fingerprint density at radius 1 is 0.846 bits per heavy atom. The smallest absolute Gasteiger partial charge is 0.322 e. The predicted octanol–water partition coefficient (Wildman–Crippen LogP) is 3.92. The molecule has 0 bridgehead atoms. The van der Waals surface area contributed by atoms with Crippen LogP contribution in [0.4, 0.5) is 6.01 Å². The van der Waals surface area contributed by atoms with Crippen LogP contribution in [-0.4, -0.2) is 49.5 Å². The van der Waals surface area contributed by atoms with E-state index in [-0.39, 0.29) is 40.2 Å². The van der Waals surface area contributed by atoms with E-state index < -0.39 is 31.0 Å². The summed E-state index contributed by atoms with van der Waals surface area (Å²) in [5, 5.41) is 9.73. The van der Waals surface area contributed by atoms with Crippen molar-refractivity contribution < 1.29 is 26.0 Å². The normalized spacial score (nSPS) is 12.1. The molecule has 4 rings (SSSR count). The zero-order valence-electron chi connectivity index (χ0n) is 21.6. The Balaban J connectivity index is 1.37. The molecule has 10 nitrogen and oxygen atoms in total. The Hall–Kier alpha value is -3.87. The molecular weight excluding hydrogens is 540 g/mol. The van der Waals surface area contributed by atoms with Crippen molar-refractivity contribution in [1.29, 1.82) is 0 Å². The molecule has 0 unspecified atom stereocenters. The lowest BCUT2D eigenvalue weighted by Gasteiger charge is -2.17. The minimum absolute atomic E-state index is 0.0600. The van der Waals surface area contributed by atoms with Gasteiger partial charge in [0.05, 0.1) is 21.5 Å². The highest BCUT2D eigenvalue weighted by Crippen LogP contribution is 2.20. The van der Waals surface area contributed by atoms with Crippen molar-refractivity contribution in [1.82, 2.24) is 14.5 Å². The third kappa shape index (κ3) is 6.59. The second kappa shape index (κ2) is 11.5. The summed E-state index contributed by atoms with van der Waals surface area (Å²) in [6, 6.07) is 21.1. The van der Waals surface area contributed by atoms with E-state index in [2.05, 4.69) is 15.5 Å². The van der Waals surface area contributed by atoms with Gasteiger partial charge >= 0.3 is 6.01 Å². The fourth-order valence-corrected chi connectivity index (χ4v) is 5.89. The number of carbonyl (C=O) groups is 1. The molecule has 0 saturated heterocycles. The van der Waals surface area contributed by atoms with Crippen LogP contribution in [0.3, 0.4) is 0 Å². The van der Waals surface area contributed by atoms with Crippen molar-refractivity contribution in [3.05, 3.63) is 101 Å². The number of sulfone groups is 1. The van der Waals surface area contributed by atoms with Crippen LogP contribution in [0.2, 0.25) is 0 Å². The third-order valence-electron chi connectivity index (χ3n) is 5.99. The van der Waals surface area contributed by atoms with E-state index in [1.807, 2.05) is 30.3 Å². The maximum absolute atomic E-state index is 12.9. The molecule has 0 aliphatic heterocycles. The Labute approximate surface area is 227 Å². The Bertz CT molecular complexity index is 1650. The van der Waals surface area contributed by atoms with Gasteiger partial charge < -0.3 is 4.42 Å². The molecule has 39 heavy (non-hydrogen) atoms. The van der Waals surface area contributed by atoms with Crippen LogP contribution in [-0.2, 0) is 32.8 Å². The minimum Gasteiger partial charge on any atom is -0.407 e. The number of amides is 1. The van der Waals surface area contributed by atoms with Gasteiger partial charge in [0, 0.05) is 19.2 Å². The molecule has 0 aliphatic carbocycles. The van der Waals surface area contributed by atoms with Gasteiger partial charge in [-0.15, -0.1) is 5.10 Å². The summed E-state index contributed by atoms with van der Waals surface area (Å²) in [5.41, 5.74) is 1.82. The van der Waals surface area contributed by atoms with Crippen LogP contribution in [0.25, 0.3) is 0 Å². The van der Waals surface area contributed by atoms with Gasteiger partial charge in [-0.1, -0.05) is 47.6 Å². The SMILES string of the molecule is CC(C)S(=O)(=O)c1ccc(Cc2nnc(NC(=O)c3ccc(S(=O)(=O)N(C)Cc4ccccc4)cc3)o2)cc1. The topological polar surface area (TPSA) is 140 Å². The zero-order valence-corrected chi connectivity index (χ0v) is 23.2. The van der Waals surface area contributed by atoms with E-state index in [0.29, 0.717) is 0 Å². The van der Waals surface area contributed by atoms with Gasteiger partial charge in [-0.25, -0.2) is 16.8 Å². The van der Waals surface area contributed by atoms with E-state index in [1.54, 1.807) is 26.0 Å². The lowest BCUT2D eigenvalue weighted by atomic mass is 10.1. The van der Waals surface area contributed by atoms with Gasteiger partial charge in [-0.05, 0) is 61.4 Å². The van der Waals surface area contributed by atoms with Crippen molar-refractivity contribution in [2.75, 3.05) is 12.4 Å². The highest BCUT2D eigenvalue weighted by molar-refractivity contribution is 7.92. The van der Waals surface area contributed by atoms with Gasteiger partial charge in [0.15, 0.2) is 9.84 Å².